The number of benzene rings is 1. The molecule has 1 aliphatic rings. The Balaban J connectivity index is 2.04. The van der Waals surface area contributed by atoms with Crippen LogP contribution in [0.25, 0.3) is 6.08 Å². The molecule has 1 aliphatic heterocycles. The van der Waals surface area contributed by atoms with Gasteiger partial charge in [0.2, 0.25) is 0 Å². The third-order valence-electron chi connectivity index (χ3n) is 3.58. The summed E-state index contributed by atoms with van der Waals surface area (Å²) in [6, 6.07) is 9.00. The van der Waals surface area contributed by atoms with E-state index in [4.69, 9.17) is 16.6 Å². The van der Waals surface area contributed by atoms with E-state index in [-0.39, 0.29) is 10.7 Å². The molecule has 0 spiro atoms. The fourth-order valence-electron chi connectivity index (χ4n) is 2.48. The first-order valence-electron chi connectivity index (χ1n) is 7.11. The van der Waals surface area contributed by atoms with Crippen LogP contribution in [0.3, 0.4) is 0 Å². The molecular formula is C17H13BrN2O3S. The molecule has 0 aliphatic carbocycles. The third-order valence-corrected chi connectivity index (χ3v) is 4.29. The van der Waals surface area contributed by atoms with Crippen molar-refractivity contribution in [2.24, 2.45) is 0 Å². The monoisotopic (exact) mass is 404 g/mol. The summed E-state index contributed by atoms with van der Waals surface area (Å²) in [5, 5.41) is 2.62. The molecule has 1 fully saturated rings. The second kappa shape index (κ2) is 6.33. The molecule has 2 heterocycles. The zero-order chi connectivity index (χ0) is 17.4. The van der Waals surface area contributed by atoms with Crippen LogP contribution in [0.5, 0.6) is 0 Å². The Kier molecular flexibility index (Phi) is 4.38. The maximum Gasteiger partial charge on any atom is 0.270 e. The summed E-state index contributed by atoms with van der Waals surface area (Å²) >= 11 is 8.38. The second-order valence-corrected chi connectivity index (χ2v) is 6.56. The summed E-state index contributed by atoms with van der Waals surface area (Å²) in [4.78, 5) is 26.4. The first-order valence-corrected chi connectivity index (χ1v) is 8.31. The summed E-state index contributed by atoms with van der Waals surface area (Å²) in [5.41, 5.74) is 2.57. The van der Waals surface area contributed by atoms with Crippen LogP contribution < -0.4 is 10.2 Å². The number of nitrogens with zero attached hydrogens (tertiary/aromatic N) is 1. The van der Waals surface area contributed by atoms with Crippen molar-refractivity contribution in [2.75, 3.05) is 4.90 Å². The molecule has 3 rings (SSSR count). The summed E-state index contributed by atoms with van der Waals surface area (Å²) < 4.78 is 5.86. The number of rotatable bonds is 2. The van der Waals surface area contributed by atoms with Gasteiger partial charge >= 0.3 is 0 Å². The molecule has 7 heteroatoms. The normalized spacial score (nSPS) is 16.7. The predicted octanol–water partition coefficient (Wildman–Crippen LogP) is 3.49. The molecule has 1 N–H and O–H groups in total. The van der Waals surface area contributed by atoms with E-state index in [9.17, 15) is 9.59 Å². The minimum atomic E-state index is -0.543. The number of carbonyl (C=O) groups excluding carboxylic acids is 2. The molecule has 1 saturated heterocycles. The quantitative estimate of drug-likeness (QED) is 0.472. The number of aryl methyl sites for hydroxylation is 2. The van der Waals surface area contributed by atoms with Gasteiger partial charge in [-0.25, -0.2) is 0 Å². The van der Waals surface area contributed by atoms with Crippen molar-refractivity contribution in [3.8, 4) is 0 Å². The molecule has 0 unspecified atom stereocenters. The van der Waals surface area contributed by atoms with E-state index in [1.165, 1.54) is 11.0 Å². The maximum atomic E-state index is 12.9. The number of carbonyl (C=O) groups is 2. The van der Waals surface area contributed by atoms with Crippen molar-refractivity contribution in [2.45, 2.75) is 13.8 Å². The van der Waals surface area contributed by atoms with Crippen molar-refractivity contribution < 1.29 is 14.0 Å². The van der Waals surface area contributed by atoms with Gasteiger partial charge in [-0.2, -0.15) is 0 Å². The molecule has 0 radical (unpaired) electrons. The van der Waals surface area contributed by atoms with E-state index < -0.39 is 11.8 Å². The Morgan fingerprint density at radius 1 is 1.21 bits per heavy atom. The van der Waals surface area contributed by atoms with Crippen LogP contribution in [-0.4, -0.2) is 16.9 Å². The summed E-state index contributed by atoms with van der Waals surface area (Å²) in [7, 11) is 0. The highest BCUT2D eigenvalue weighted by molar-refractivity contribution is 9.10. The molecule has 2 amide bonds. The standard InChI is InChI=1S/C17H13BrN2O3S/c1-9-3-5-13(10(2)7-9)20-16(22)12(15(21)19-17(20)24)8-11-4-6-14(18)23-11/h3-8H,1-2H3,(H,19,21,24)/b12-8+. The number of hydrogen-bond acceptors (Lipinski definition) is 4. The molecule has 0 saturated carbocycles. The van der Waals surface area contributed by atoms with Gasteiger partial charge in [-0.3, -0.25) is 19.8 Å². The van der Waals surface area contributed by atoms with Gasteiger partial charge in [0.05, 0.1) is 5.69 Å². The largest absolute Gasteiger partial charge is 0.450 e. The minimum absolute atomic E-state index is 0.0366. The van der Waals surface area contributed by atoms with Gasteiger partial charge in [-0.15, -0.1) is 0 Å². The average Bonchev–Trinajstić information content (AvgIpc) is 2.91. The van der Waals surface area contributed by atoms with E-state index in [1.807, 2.05) is 32.0 Å². The molecule has 5 nitrogen and oxygen atoms in total. The number of hydrogen-bond donors (Lipinski definition) is 1. The molecule has 122 valence electrons. The Morgan fingerprint density at radius 3 is 2.58 bits per heavy atom. The lowest BCUT2D eigenvalue weighted by molar-refractivity contribution is -0.122. The lowest BCUT2D eigenvalue weighted by Gasteiger charge is -2.30. The zero-order valence-electron chi connectivity index (χ0n) is 12.9. The summed E-state index contributed by atoms with van der Waals surface area (Å²) in [6.07, 6.45) is 1.40. The highest BCUT2D eigenvalue weighted by atomic mass is 79.9. The van der Waals surface area contributed by atoms with Gasteiger partial charge in [0.25, 0.3) is 11.8 Å². The maximum absolute atomic E-state index is 12.9. The zero-order valence-corrected chi connectivity index (χ0v) is 15.3. The number of nitrogens with one attached hydrogen (secondary N) is 1. The summed E-state index contributed by atoms with van der Waals surface area (Å²) in [6.45, 7) is 3.86. The van der Waals surface area contributed by atoms with Crippen molar-refractivity contribution >= 4 is 56.8 Å². The van der Waals surface area contributed by atoms with Crippen LogP contribution in [0.1, 0.15) is 16.9 Å². The van der Waals surface area contributed by atoms with Crippen LogP contribution in [0.2, 0.25) is 0 Å². The van der Waals surface area contributed by atoms with E-state index in [0.29, 0.717) is 16.1 Å². The van der Waals surface area contributed by atoms with Crippen LogP contribution in [-0.2, 0) is 9.59 Å². The van der Waals surface area contributed by atoms with Gasteiger partial charge in [-0.05, 0) is 71.8 Å². The molecule has 0 atom stereocenters. The van der Waals surface area contributed by atoms with Gasteiger partial charge in [0.1, 0.15) is 11.3 Å². The Hall–Kier alpha value is -2.25. The third kappa shape index (κ3) is 3.05. The first kappa shape index (κ1) is 16.6. The van der Waals surface area contributed by atoms with E-state index in [1.54, 1.807) is 12.1 Å². The van der Waals surface area contributed by atoms with Crippen LogP contribution in [0.4, 0.5) is 5.69 Å². The average molecular weight is 405 g/mol. The fraction of sp³-hybridized carbons (Fsp3) is 0.118. The number of furan rings is 1. The van der Waals surface area contributed by atoms with Crippen LogP contribution in [0.15, 0.2) is 45.0 Å². The number of amides is 2. The molecular weight excluding hydrogens is 392 g/mol. The van der Waals surface area contributed by atoms with Crippen molar-refractivity contribution in [3.05, 3.63) is 57.5 Å². The number of thiocarbonyl (C=S) groups is 1. The first-order chi connectivity index (χ1) is 11.4. The van der Waals surface area contributed by atoms with Crippen molar-refractivity contribution in [1.82, 2.24) is 5.32 Å². The van der Waals surface area contributed by atoms with Gasteiger partial charge in [0, 0.05) is 0 Å². The van der Waals surface area contributed by atoms with Gasteiger partial charge < -0.3 is 4.42 Å². The van der Waals surface area contributed by atoms with E-state index in [2.05, 4.69) is 21.2 Å². The number of halogens is 1. The molecule has 0 bridgehead atoms. The lowest BCUT2D eigenvalue weighted by atomic mass is 10.1. The van der Waals surface area contributed by atoms with Crippen molar-refractivity contribution in [3.63, 3.8) is 0 Å². The minimum Gasteiger partial charge on any atom is -0.450 e. The van der Waals surface area contributed by atoms with Gasteiger partial charge in [-0.1, -0.05) is 17.7 Å². The SMILES string of the molecule is Cc1ccc(N2C(=O)/C(=C/c3ccc(Br)o3)C(=O)NC2=S)c(C)c1. The lowest BCUT2D eigenvalue weighted by Crippen LogP contribution is -2.54. The Morgan fingerprint density at radius 2 is 1.96 bits per heavy atom. The van der Waals surface area contributed by atoms with Gasteiger partial charge in [0.15, 0.2) is 9.78 Å². The molecule has 2 aromatic rings. The Labute approximate surface area is 152 Å². The fourth-order valence-corrected chi connectivity index (χ4v) is 3.07. The van der Waals surface area contributed by atoms with E-state index in [0.717, 1.165) is 11.1 Å². The highest BCUT2D eigenvalue weighted by Crippen LogP contribution is 2.26. The topological polar surface area (TPSA) is 62.6 Å². The molecule has 24 heavy (non-hydrogen) atoms. The smallest absolute Gasteiger partial charge is 0.270 e. The molecule has 1 aromatic heterocycles. The van der Waals surface area contributed by atoms with Crippen LogP contribution >= 0.6 is 28.1 Å². The predicted molar refractivity (Wildman–Crippen MR) is 98.5 cm³/mol. The molecule has 1 aromatic carbocycles. The number of anilines is 1. The van der Waals surface area contributed by atoms with Crippen LogP contribution in [0, 0.1) is 13.8 Å². The highest BCUT2D eigenvalue weighted by Gasteiger charge is 2.35. The second-order valence-electron chi connectivity index (χ2n) is 5.39. The van der Waals surface area contributed by atoms with Crippen molar-refractivity contribution in [1.29, 1.82) is 0 Å². The van der Waals surface area contributed by atoms with E-state index >= 15 is 0 Å². The Bertz CT molecular complexity index is 901. The summed E-state index contributed by atoms with van der Waals surface area (Å²) in [5.74, 6) is -0.629.